The van der Waals surface area contributed by atoms with Crippen molar-refractivity contribution in [3.63, 3.8) is 0 Å². The Morgan fingerprint density at radius 2 is 1.43 bits per heavy atom. The number of fused-ring (bicyclic) bond motifs is 4. The number of aliphatic carboxylic acids is 1. The van der Waals surface area contributed by atoms with Gasteiger partial charge in [-0.05, 0) is 57.5 Å². The quantitative estimate of drug-likeness (QED) is 0.381. The molecule has 1 amide bonds. The summed E-state index contributed by atoms with van der Waals surface area (Å²) in [4.78, 5) is 26.9. The second-order valence-corrected chi connectivity index (χ2v) is 9.27. The highest BCUT2D eigenvalue weighted by molar-refractivity contribution is 5.85. The van der Waals surface area contributed by atoms with E-state index in [1.165, 1.54) is 4.90 Å². The highest BCUT2D eigenvalue weighted by atomic mass is 16.6. The molecule has 0 spiro atoms. The van der Waals surface area contributed by atoms with E-state index < -0.39 is 18.1 Å². The van der Waals surface area contributed by atoms with Gasteiger partial charge in [-0.2, -0.15) is 0 Å². The topological polar surface area (TPSA) is 66.8 Å². The molecule has 1 N–H and O–H groups in total. The first kappa shape index (κ1) is 21.4. The molecule has 1 fully saturated rings. The van der Waals surface area contributed by atoms with Crippen LogP contribution in [0.25, 0.3) is 21.9 Å². The third-order valence-electron chi connectivity index (χ3n) is 7.38. The molecular weight excluding hydrogens is 438 g/mol. The standard InChI is InChI=1S/C30H25NO4/c32-29(33)28-16-15-27(21-14-13-19-7-1-2-8-20(19)17-21)31(28)30(34)35-18-26-24-11-5-3-9-22(24)23-10-4-6-12-25(23)26/h1-14,17,26-28H,15-16,18H2,(H,32,33)/t27-,28+/m1/s1. The minimum absolute atomic E-state index is 0.0728. The van der Waals surface area contributed by atoms with Gasteiger partial charge < -0.3 is 9.84 Å². The molecule has 0 aromatic heterocycles. The lowest BCUT2D eigenvalue weighted by Crippen LogP contribution is -2.42. The molecule has 174 valence electrons. The molecule has 1 aliphatic heterocycles. The summed E-state index contributed by atoms with van der Waals surface area (Å²) in [5.41, 5.74) is 5.50. The predicted octanol–water partition coefficient (Wildman–Crippen LogP) is 6.38. The predicted molar refractivity (Wildman–Crippen MR) is 134 cm³/mol. The van der Waals surface area contributed by atoms with E-state index in [9.17, 15) is 14.7 Å². The van der Waals surface area contributed by atoms with Crippen molar-refractivity contribution in [2.45, 2.75) is 30.8 Å². The van der Waals surface area contributed by atoms with Crippen molar-refractivity contribution < 1.29 is 19.4 Å². The van der Waals surface area contributed by atoms with Crippen LogP contribution in [0.15, 0.2) is 91.0 Å². The Balaban J connectivity index is 1.28. The number of hydrogen-bond donors (Lipinski definition) is 1. The molecule has 35 heavy (non-hydrogen) atoms. The zero-order chi connectivity index (χ0) is 23.9. The van der Waals surface area contributed by atoms with Crippen molar-refractivity contribution >= 4 is 22.8 Å². The van der Waals surface area contributed by atoms with Crippen LogP contribution < -0.4 is 0 Å². The number of carbonyl (C=O) groups is 2. The Hall–Kier alpha value is -4.12. The Kier molecular flexibility index (Phi) is 5.25. The van der Waals surface area contributed by atoms with E-state index in [-0.39, 0.29) is 18.6 Å². The number of rotatable bonds is 4. The van der Waals surface area contributed by atoms with Crippen LogP contribution in [0.3, 0.4) is 0 Å². The van der Waals surface area contributed by atoms with E-state index in [1.54, 1.807) is 0 Å². The van der Waals surface area contributed by atoms with E-state index in [0.29, 0.717) is 12.8 Å². The highest BCUT2D eigenvalue weighted by Crippen LogP contribution is 2.45. The number of ether oxygens (including phenoxy) is 1. The fraction of sp³-hybridized carbons (Fsp3) is 0.200. The normalized spacial score (nSPS) is 18.9. The fourth-order valence-corrected chi connectivity index (χ4v) is 5.72. The van der Waals surface area contributed by atoms with E-state index in [2.05, 4.69) is 24.3 Å². The Morgan fingerprint density at radius 3 is 2.11 bits per heavy atom. The highest BCUT2D eigenvalue weighted by Gasteiger charge is 2.43. The number of carboxylic acid groups (broad SMARTS) is 1. The van der Waals surface area contributed by atoms with Gasteiger partial charge in [0.2, 0.25) is 0 Å². The number of carbonyl (C=O) groups excluding carboxylic acids is 1. The largest absolute Gasteiger partial charge is 0.480 e. The molecule has 2 atom stereocenters. The lowest BCUT2D eigenvalue weighted by Gasteiger charge is -2.28. The first-order valence-electron chi connectivity index (χ1n) is 12.0. The molecule has 2 aliphatic rings. The fourth-order valence-electron chi connectivity index (χ4n) is 5.72. The van der Waals surface area contributed by atoms with Gasteiger partial charge in [0.1, 0.15) is 12.6 Å². The SMILES string of the molecule is O=C(O)[C@@H]1CC[C@H](c2ccc3ccccc3c2)N1C(=O)OCC1c2ccccc2-c2ccccc21. The van der Waals surface area contributed by atoms with Gasteiger partial charge in [0.25, 0.3) is 0 Å². The van der Waals surface area contributed by atoms with Crippen molar-refractivity contribution in [3.8, 4) is 11.1 Å². The summed E-state index contributed by atoms with van der Waals surface area (Å²) in [5.74, 6) is -1.07. The first-order valence-corrected chi connectivity index (χ1v) is 12.0. The minimum atomic E-state index is -0.998. The van der Waals surface area contributed by atoms with Gasteiger partial charge in [0.05, 0.1) is 6.04 Å². The zero-order valence-corrected chi connectivity index (χ0v) is 19.1. The van der Waals surface area contributed by atoms with E-state index >= 15 is 0 Å². The second kappa shape index (κ2) is 8.58. The van der Waals surface area contributed by atoms with Crippen LogP contribution in [0.1, 0.15) is 41.5 Å². The smallest absolute Gasteiger partial charge is 0.411 e. The lowest BCUT2D eigenvalue weighted by molar-refractivity contribution is -0.142. The van der Waals surface area contributed by atoms with Crippen LogP contribution in [0, 0.1) is 0 Å². The third kappa shape index (κ3) is 3.64. The van der Waals surface area contributed by atoms with Crippen molar-refractivity contribution in [2.24, 2.45) is 0 Å². The zero-order valence-electron chi connectivity index (χ0n) is 19.1. The average Bonchev–Trinajstić information content (AvgIpc) is 3.47. The molecule has 0 saturated carbocycles. The van der Waals surface area contributed by atoms with E-state index in [1.807, 2.05) is 66.7 Å². The Morgan fingerprint density at radius 1 is 0.800 bits per heavy atom. The molecule has 1 saturated heterocycles. The summed E-state index contributed by atoms with van der Waals surface area (Å²) in [5, 5.41) is 12.0. The minimum Gasteiger partial charge on any atom is -0.480 e. The van der Waals surface area contributed by atoms with Gasteiger partial charge in [0, 0.05) is 5.92 Å². The number of likely N-dealkylation sites (tertiary alicyclic amines) is 1. The van der Waals surface area contributed by atoms with Crippen LogP contribution in [-0.4, -0.2) is 34.7 Å². The molecule has 0 radical (unpaired) electrons. The molecule has 6 rings (SSSR count). The Labute approximate surface area is 203 Å². The molecular formula is C30H25NO4. The monoisotopic (exact) mass is 463 g/mol. The maximum Gasteiger partial charge on any atom is 0.411 e. The van der Waals surface area contributed by atoms with Gasteiger partial charge in [0.15, 0.2) is 0 Å². The van der Waals surface area contributed by atoms with E-state index in [4.69, 9.17) is 4.74 Å². The van der Waals surface area contributed by atoms with Gasteiger partial charge in [-0.1, -0.05) is 84.9 Å². The number of carboxylic acids is 1. The summed E-state index contributed by atoms with van der Waals surface area (Å²) < 4.78 is 5.87. The molecule has 5 nitrogen and oxygen atoms in total. The molecule has 4 aromatic carbocycles. The molecule has 1 aliphatic carbocycles. The van der Waals surface area contributed by atoms with Crippen LogP contribution in [0.4, 0.5) is 4.79 Å². The van der Waals surface area contributed by atoms with Crippen molar-refractivity contribution in [2.75, 3.05) is 6.61 Å². The summed E-state index contributed by atoms with van der Waals surface area (Å²) >= 11 is 0. The van der Waals surface area contributed by atoms with Gasteiger partial charge in [-0.25, -0.2) is 9.59 Å². The molecule has 5 heteroatoms. The van der Waals surface area contributed by atoms with Crippen LogP contribution in [0.5, 0.6) is 0 Å². The van der Waals surface area contributed by atoms with Gasteiger partial charge >= 0.3 is 12.1 Å². The maximum absolute atomic E-state index is 13.4. The summed E-state index contributed by atoms with van der Waals surface area (Å²) in [6, 6.07) is 29.2. The van der Waals surface area contributed by atoms with Crippen molar-refractivity contribution in [1.82, 2.24) is 4.90 Å². The van der Waals surface area contributed by atoms with Crippen LogP contribution in [0.2, 0.25) is 0 Å². The molecule has 4 aromatic rings. The molecule has 0 unspecified atom stereocenters. The van der Waals surface area contributed by atoms with Crippen LogP contribution in [-0.2, 0) is 9.53 Å². The van der Waals surface area contributed by atoms with Crippen molar-refractivity contribution in [1.29, 1.82) is 0 Å². The maximum atomic E-state index is 13.4. The first-order chi connectivity index (χ1) is 17.1. The number of amides is 1. The van der Waals surface area contributed by atoms with Crippen molar-refractivity contribution in [3.05, 3.63) is 108 Å². The number of benzene rings is 4. The molecule has 0 bridgehead atoms. The van der Waals surface area contributed by atoms with E-state index in [0.717, 1.165) is 38.6 Å². The van der Waals surface area contributed by atoms with Gasteiger partial charge in [-0.3, -0.25) is 4.90 Å². The number of hydrogen-bond acceptors (Lipinski definition) is 3. The number of nitrogens with zero attached hydrogens (tertiary/aromatic N) is 1. The average molecular weight is 464 g/mol. The van der Waals surface area contributed by atoms with Crippen LogP contribution >= 0.6 is 0 Å². The second-order valence-electron chi connectivity index (χ2n) is 9.27. The molecule has 1 heterocycles. The summed E-state index contributed by atoms with van der Waals surface area (Å²) in [7, 11) is 0. The van der Waals surface area contributed by atoms with Gasteiger partial charge in [-0.15, -0.1) is 0 Å². The third-order valence-corrected chi connectivity index (χ3v) is 7.38. The Bertz CT molecular complexity index is 1400. The lowest BCUT2D eigenvalue weighted by atomic mass is 9.98. The summed E-state index contributed by atoms with van der Waals surface area (Å²) in [6.45, 7) is 0.167. The summed E-state index contributed by atoms with van der Waals surface area (Å²) in [6.07, 6.45) is 0.409.